The highest BCUT2D eigenvalue weighted by molar-refractivity contribution is 5.69. The summed E-state index contributed by atoms with van der Waals surface area (Å²) in [4.78, 5) is 13.9. The van der Waals surface area contributed by atoms with Crippen LogP contribution in [0.1, 0.15) is 40.0 Å². The van der Waals surface area contributed by atoms with Gasteiger partial charge in [0.2, 0.25) is 0 Å². The summed E-state index contributed by atoms with van der Waals surface area (Å²) in [6.45, 7) is 6.73. The molecule has 1 N–H and O–H groups in total. The number of carbonyl (C=O) groups excluding carboxylic acids is 1. The maximum Gasteiger partial charge on any atom is 0.410 e. The van der Waals surface area contributed by atoms with Crippen LogP contribution in [0.4, 0.5) is 4.79 Å². The molecule has 0 aromatic heterocycles. The minimum atomic E-state index is -0.425. The van der Waals surface area contributed by atoms with E-state index in [-0.39, 0.29) is 12.7 Å². The van der Waals surface area contributed by atoms with E-state index in [1.54, 1.807) is 0 Å². The summed E-state index contributed by atoms with van der Waals surface area (Å²) in [5, 5.41) is 8.90. The van der Waals surface area contributed by atoms with Crippen LogP contribution in [0.25, 0.3) is 0 Å². The van der Waals surface area contributed by atoms with Gasteiger partial charge in [-0.15, -0.1) is 0 Å². The van der Waals surface area contributed by atoms with Gasteiger partial charge in [0.05, 0.1) is 0 Å². The van der Waals surface area contributed by atoms with Crippen molar-refractivity contribution in [3.8, 4) is 0 Å². The van der Waals surface area contributed by atoms with Crippen LogP contribution < -0.4 is 0 Å². The van der Waals surface area contributed by atoms with Gasteiger partial charge in [0, 0.05) is 19.2 Å². The van der Waals surface area contributed by atoms with Gasteiger partial charge in [-0.05, 0) is 51.9 Å². The molecule has 1 unspecified atom stereocenters. The molecule has 2 fully saturated rings. The first-order valence-corrected chi connectivity index (χ1v) is 6.53. The number of hydrogen-bond acceptors (Lipinski definition) is 3. The van der Waals surface area contributed by atoms with Crippen molar-refractivity contribution in [1.82, 2.24) is 4.90 Å². The Balaban J connectivity index is 1.93. The van der Waals surface area contributed by atoms with Gasteiger partial charge < -0.3 is 14.7 Å². The van der Waals surface area contributed by atoms with E-state index in [0.29, 0.717) is 17.9 Å². The van der Waals surface area contributed by atoms with Crippen LogP contribution in [0.2, 0.25) is 0 Å². The fourth-order valence-electron chi connectivity index (χ4n) is 2.77. The lowest BCUT2D eigenvalue weighted by molar-refractivity contribution is 0.0180. The van der Waals surface area contributed by atoms with Gasteiger partial charge in [0.25, 0.3) is 0 Å². The standard InChI is InChI=1S/C13H23NO3/c1-13(2,3)17-12(16)14-8-9-7-10(9)11(14)5-4-6-15/h9-11,15H,4-8H2,1-3H3/t9-,10?,11-/m1/s1. The number of fused-ring (bicyclic) bond motifs is 1. The quantitative estimate of drug-likeness (QED) is 0.822. The lowest BCUT2D eigenvalue weighted by Crippen LogP contribution is -2.42. The van der Waals surface area contributed by atoms with Crippen LogP contribution in [-0.2, 0) is 4.74 Å². The van der Waals surface area contributed by atoms with Crippen molar-refractivity contribution in [3.63, 3.8) is 0 Å². The van der Waals surface area contributed by atoms with Crippen LogP contribution in [0.15, 0.2) is 0 Å². The van der Waals surface area contributed by atoms with Crippen molar-refractivity contribution in [2.75, 3.05) is 13.2 Å². The lowest BCUT2D eigenvalue weighted by atomic mass is 10.1. The van der Waals surface area contributed by atoms with Gasteiger partial charge in [-0.25, -0.2) is 4.79 Å². The second kappa shape index (κ2) is 4.48. The summed E-state index contributed by atoms with van der Waals surface area (Å²) in [7, 11) is 0. The van der Waals surface area contributed by atoms with Crippen molar-refractivity contribution < 1.29 is 14.6 Å². The number of ether oxygens (including phenoxy) is 1. The maximum atomic E-state index is 12.0. The van der Waals surface area contributed by atoms with Crippen molar-refractivity contribution in [3.05, 3.63) is 0 Å². The molecule has 0 spiro atoms. The molecule has 3 atom stereocenters. The summed E-state index contributed by atoms with van der Waals surface area (Å²) < 4.78 is 5.43. The molecule has 1 aliphatic heterocycles. The molecule has 17 heavy (non-hydrogen) atoms. The van der Waals surface area contributed by atoms with Crippen LogP contribution in [-0.4, -0.2) is 40.9 Å². The Labute approximate surface area is 103 Å². The van der Waals surface area contributed by atoms with E-state index in [1.807, 2.05) is 25.7 Å². The zero-order valence-electron chi connectivity index (χ0n) is 11.0. The highest BCUT2D eigenvalue weighted by Gasteiger charge is 2.54. The largest absolute Gasteiger partial charge is 0.444 e. The molecule has 1 heterocycles. The van der Waals surface area contributed by atoms with E-state index in [4.69, 9.17) is 9.84 Å². The molecule has 2 aliphatic rings. The zero-order chi connectivity index (χ0) is 12.6. The number of carbonyl (C=O) groups is 1. The molecule has 0 aromatic rings. The van der Waals surface area contributed by atoms with Crippen LogP contribution in [0, 0.1) is 11.8 Å². The normalized spacial score (nSPS) is 31.3. The number of nitrogens with zero attached hydrogens (tertiary/aromatic N) is 1. The van der Waals surface area contributed by atoms with Crippen LogP contribution >= 0.6 is 0 Å². The lowest BCUT2D eigenvalue weighted by Gasteiger charge is -2.30. The van der Waals surface area contributed by atoms with E-state index in [0.717, 1.165) is 19.4 Å². The van der Waals surface area contributed by atoms with E-state index in [2.05, 4.69) is 0 Å². The van der Waals surface area contributed by atoms with Gasteiger partial charge in [-0.2, -0.15) is 0 Å². The summed E-state index contributed by atoms with van der Waals surface area (Å²) in [5.41, 5.74) is -0.425. The minimum absolute atomic E-state index is 0.187. The monoisotopic (exact) mass is 241 g/mol. The zero-order valence-corrected chi connectivity index (χ0v) is 11.0. The highest BCUT2D eigenvalue weighted by atomic mass is 16.6. The molecule has 0 bridgehead atoms. The number of aliphatic hydroxyl groups excluding tert-OH is 1. The van der Waals surface area contributed by atoms with Gasteiger partial charge in [0.15, 0.2) is 0 Å². The Kier molecular flexibility index (Phi) is 3.34. The average Bonchev–Trinajstić information content (AvgIpc) is 2.87. The molecule has 4 nitrogen and oxygen atoms in total. The van der Waals surface area contributed by atoms with E-state index < -0.39 is 5.60 Å². The Morgan fingerprint density at radius 1 is 1.47 bits per heavy atom. The summed E-state index contributed by atoms with van der Waals surface area (Å²) in [5.74, 6) is 1.35. The molecule has 0 radical (unpaired) electrons. The molecule has 0 aromatic carbocycles. The molecule has 1 saturated carbocycles. The van der Waals surface area contributed by atoms with Gasteiger partial charge in [0.1, 0.15) is 5.60 Å². The van der Waals surface area contributed by atoms with Crippen LogP contribution in [0.3, 0.4) is 0 Å². The third kappa shape index (κ3) is 2.92. The number of rotatable bonds is 3. The Morgan fingerprint density at radius 2 is 2.18 bits per heavy atom. The molecule has 1 saturated heterocycles. The van der Waals surface area contributed by atoms with Crippen molar-refractivity contribution in [1.29, 1.82) is 0 Å². The number of hydrogen-bond donors (Lipinski definition) is 1. The molecule has 1 aliphatic carbocycles. The van der Waals surface area contributed by atoms with Gasteiger partial charge in [-0.1, -0.05) is 0 Å². The number of aliphatic hydroxyl groups is 1. The fraction of sp³-hybridized carbons (Fsp3) is 0.923. The molecule has 2 rings (SSSR count). The number of amides is 1. The molecule has 98 valence electrons. The first-order valence-electron chi connectivity index (χ1n) is 6.53. The van der Waals surface area contributed by atoms with E-state index in [1.165, 1.54) is 6.42 Å². The van der Waals surface area contributed by atoms with Gasteiger partial charge >= 0.3 is 6.09 Å². The Bertz CT molecular complexity index is 298. The smallest absolute Gasteiger partial charge is 0.410 e. The first kappa shape index (κ1) is 12.7. The summed E-state index contributed by atoms with van der Waals surface area (Å²) >= 11 is 0. The van der Waals surface area contributed by atoms with Crippen molar-refractivity contribution in [2.24, 2.45) is 11.8 Å². The predicted molar refractivity (Wildman–Crippen MR) is 64.6 cm³/mol. The third-order valence-electron chi connectivity index (χ3n) is 3.59. The van der Waals surface area contributed by atoms with E-state index in [9.17, 15) is 4.79 Å². The Hall–Kier alpha value is -0.770. The average molecular weight is 241 g/mol. The topological polar surface area (TPSA) is 49.8 Å². The number of piperidine rings is 1. The predicted octanol–water partition coefficient (Wildman–Crippen LogP) is 2.01. The summed E-state index contributed by atoms with van der Waals surface area (Å²) in [6.07, 6.45) is 2.73. The van der Waals surface area contributed by atoms with Gasteiger partial charge in [-0.3, -0.25) is 0 Å². The number of likely N-dealkylation sites (tertiary alicyclic amines) is 1. The van der Waals surface area contributed by atoms with Crippen molar-refractivity contribution >= 4 is 6.09 Å². The molecule has 4 heteroatoms. The van der Waals surface area contributed by atoms with Crippen LogP contribution in [0.5, 0.6) is 0 Å². The second-order valence-corrected chi connectivity index (χ2v) is 6.23. The fourth-order valence-corrected chi connectivity index (χ4v) is 2.77. The minimum Gasteiger partial charge on any atom is -0.444 e. The SMILES string of the molecule is CC(C)(C)OC(=O)N1C[C@H]2CC2[C@H]1CCCO. The molecule has 1 amide bonds. The second-order valence-electron chi connectivity index (χ2n) is 6.23. The highest BCUT2D eigenvalue weighted by Crippen LogP contribution is 2.51. The maximum absolute atomic E-state index is 12.0. The molecular formula is C13H23NO3. The van der Waals surface area contributed by atoms with Crippen molar-refractivity contribution in [2.45, 2.75) is 51.7 Å². The first-order chi connectivity index (χ1) is 7.92. The summed E-state index contributed by atoms with van der Waals surface area (Å²) in [6, 6.07) is 0.294. The Morgan fingerprint density at radius 3 is 2.76 bits per heavy atom. The third-order valence-corrected chi connectivity index (χ3v) is 3.59. The molecular weight excluding hydrogens is 218 g/mol. The van der Waals surface area contributed by atoms with E-state index >= 15 is 0 Å².